The molecule has 9 heteroatoms. The Bertz CT molecular complexity index is 1050. The number of methoxy groups -OCH3 is 1. The first-order valence-corrected chi connectivity index (χ1v) is 13.2. The first kappa shape index (κ1) is 24.5. The van der Waals surface area contributed by atoms with Gasteiger partial charge >= 0.3 is 0 Å². The number of carbonyl (C=O) groups is 1. The fraction of sp³-hybridized carbons (Fsp3) is 0.480. The summed E-state index contributed by atoms with van der Waals surface area (Å²) >= 11 is 0. The maximum atomic E-state index is 12.9. The molecule has 2 saturated heterocycles. The summed E-state index contributed by atoms with van der Waals surface area (Å²) in [6.07, 6.45) is 1.93. The van der Waals surface area contributed by atoms with Crippen molar-refractivity contribution < 1.29 is 22.7 Å². The van der Waals surface area contributed by atoms with E-state index in [2.05, 4.69) is 17.0 Å². The molecule has 0 bridgehead atoms. The molecule has 2 heterocycles. The maximum absolute atomic E-state index is 12.9. The average Bonchev–Trinajstić information content (AvgIpc) is 3.15. The minimum Gasteiger partial charge on any atom is -0.497 e. The van der Waals surface area contributed by atoms with Crippen LogP contribution in [0.3, 0.4) is 0 Å². The second-order valence-corrected chi connectivity index (χ2v) is 10.5. The molecule has 2 aliphatic heterocycles. The molecule has 1 amide bonds. The van der Waals surface area contributed by atoms with Gasteiger partial charge in [-0.3, -0.25) is 4.79 Å². The highest BCUT2D eigenvalue weighted by molar-refractivity contribution is 7.89. The van der Waals surface area contributed by atoms with Gasteiger partial charge in [-0.25, -0.2) is 8.42 Å². The van der Waals surface area contributed by atoms with Crippen molar-refractivity contribution in [3.05, 3.63) is 54.1 Å². The van der Waals surface area contributed by atoms with E-state index in [-0.39, 0.29) is 10.8 Å². The van der Waals surface area contributed by atoms with E-state index in [1.54, 1.807) is 19.2 Å². The summed E-state index contributed by atoms with van der Waals surface area (Å²) in [5, 5.41) is 0. The summed E-state index contributed by atoms with van der Waals surface area (Å²) < 4.78 is 37.5. The van der Waals surface area contributed by atoms with Gasteiger partial charge in [0.25, 0.3) is 0 Å². The van der Waals surface area contributed by atoms with Crippen molar-refractivity contribution in [2.75, 3.05) is 64.5 Å². The number of hydrogen-bond acceptors (Lipinski definition) is 6. The highest BCUT2D eigenvalue weighted by atomic mass is 32.2. The number of morpholine rings is 1. The number of nitrogens with zero attached hydrogens (tertiary/aromatic N) is 3. The first-order valence-electron chi connectivity index (χ1n) is 11.8. The molecule has 0 spiro atoms. The third-order valence-corrected chi connectivity index (χ3v) is 8.36. The van der Waals surface area contributed by atoms with E-state index in [1.165, 1.54) is 4.31 Å². The van der Waals surface area contributed by atoms with Gasteiger partial charge < -0.3 is 19.3 Å². The van der Waals surface area contributed by atoms with E-state index in [1.807, 2.05) is 29.2 Å². The van der Waals surface area contributed by atoms with Crippen LogP contribution in [0.2, 0.25) is 0 Å². The Morgan fingerprint density at radius 3 is 2.29 bits per heavy atom. The molecule has 0 aromatic heterocycles. The topological polar surface area (TPSA) is 79.4 Å². The fourth-order valence-electron chi connectivity index (χ4n) is 4.39. The molecule has 4 rings (SSSR count). The fourth-order valence-corrected chi connectivity index (χ4v) is 5.80. The van der Waals surface area contributed by atoms with Crippen molar-refractivity contribution >= 4 is 21.6 Å². The molecular weight excluding hydrogens is 454 g/mol. The standard InChI is InChI=1S/C25H33N3O5S/c1-32-23-8-6-22(7-9-23)26-13-2-14-27(16-15-26)25(29)12-5-21-3-10-24(11-4-21)34(30,31)28-17-19-33-20-18-28/h3-4,6-11H,2,5,12-20H2,1H3. The number of carbonyl (C=O) groups excluding carboxylic acids is 1. The van der Waals surface area contributed by atoms with Gasteiger partial charge in [0.15, 0.2) is 0 Å². The van der Waals surface area contributed by atoms with Crippen molar-refractivity contribution in [3.63, 3.8) is 0 Å². The van der Waals surface area contributed by atoms with E-state index in [0.29, 0.717) is 45.7 Å². The van der Waals surface area contributed by atoms with Crippen molar-refractivity contribution in [1.29, 1.82) is 0 Å². The van der Waals surface area contributed by atoms with Gasteiger partial charge in [-0.1, -0.05) is 12.1 Å². The highest BCUT2D eigenvalue weighted by Crippen LogP contribution is 2.21. The summed E-state index contributed by atoms with van der Waals surface area (Å²) in [4.78, 5) is 17.4. The zero-order valence-electron chi connectivity index (χ0n) is 19.7. The highest BCUT2D eigenvalue weighted by Gasteiger charge is 2.26. The quantitative estimate of drug-likeness (QED) is 0.597. The Balaban J connectivity index is 1.28. The first-order chi connectivity index (χ1) is 16.5. The van der Waals surface area contributed by atoms with Gasteiger partial charge in [0.05, 0.1) is 25.2 Å². The van der Waals surface area contributed by atoms with E-state index < -0.39 is 10.0 Å². The number of aryl methyl sites for hydroxylation is 1. The zero-order chi connectivity index (χ0) is 24.0. The lowest BCUT2D eigenvalue weighted by Crippen LogP contribution is -2.40. The Hall–Kier alpha value is -2.62. The zero-order valence-corrected chi connectivity index (χ0v) is 20.5. The van der Waals surface area contributed by atoms with Gasteiger partial charge in [-0.15, -0.1) is 0 Å². The van der Waals surface area contributed by atoms with Gasteiger partial charge in [0.2, 0.25) is 15.9 Å². The lowest BCUT2D eigenvalue weighted by molar-refractivity contribution is -0.130. The third kappa shape index (κ3) is 5.89. The number of benzene rings is 2. The number of rotatable bonds is 7. The number of hydrogen-bond donors (Lipinski definition) is 0. The monoisotopic (exact) mass is 487 g/mol. The summed E-state index contributed by atoms with van der Waals surface area (Å²) in [6.45, 7) is 4.77. The van der Waals surface area contributed by atoms with Gasteiger partial charge in [0.1, 0.15) is 5.75 Å². The van der Waals surface area contributed by atoms with E-state index in [0.717, 1.165) is 43.1 Å². The molecule has 0 N–H and O–H groups in total. The molecule has 0 unspecified atom stereocenters. The van der Waals surface area contributed by atoms with Crippen LogP contribution in [0.1, 0.15) is 18.4 Å². The summed E-state index contributed by atoms with van der Waals surface area (Å²) in [5.74, 6) is 0.976. The predicted octanol–water partition coefficient (Wildman–Crippen LogP) is 2.39. The number of amides is 1. The molecule has 184 valence electrons. The molecule has 8 nitrogen and oxygen atoms in total. The second kappa shape index (κ2) is 11.2. The molecular formula is C25H33N3O5S. The molecule has 0 radical (unpaired) electrons. The van der Waals surface area contributed by atoms with Crippen LogP contribution in [0.5, 0.6) is 5.75 Å². The SMILES string of the molecule is COc1ccc(N2CCCN(C(=O)CCc3ccc(S(=O)(=O)N4CCOCC4)cc3)CC2)cc1. The van der Waals surface area contributed by atoms with Crippen molar-refractivity contribution in [3.8, 4) is 5.75 Å². The molecule has 0 atom stereocenters. The van der Waals surface area contributed by atoms with Crippen LogP contribution in [0, 0.1) is 0 Å². The summed E-state index contributed by atoms with van der Waals surface area (Å²) in [6, 6.07) is 14.9. The Kier molecular flexibility index (Phi) is 8.07. The van der Waals surface area contributed by atoms with E-state index in [9.17, 15) is 13.2 Å². The number of ether oxygens (including phenoxy) is 2. The third-order valence-electron chi connectivity index (χ3n) is 6.44. The second-order valence-electron chi connectivity index (χ2n) is 8.58. The minimum absolute atomic E-state index is 0.140. The molecule has 2 aliphatic rings. The van der Waals surface area contributed by atoms with Crippen LogP contribution in [0.25, 0.3) is 0 Å². The summed E-state index contributed by atoms with van der Waals surface area (Å²) in [7, 11) is -1.84. The number of anilines is 1. The van der Waals surface area contributed by atoms with Gasteiger partial charge in [-0.2, -0.15) is 4.31 Å². The van der Waals surface area contributed by atoms with Crippen molar-refractivity contribution in [2.24, 2.45) is 0 Å². The maximum Gasteiger partial charge on any atom is 0.243 e. The smallest absolute Gasteiger partial charge is 0.243 e. The largest absolute Gasteiger partial charge is 0.497 e. The Morgan fingerprint density at radius 2 is 1.62 bits per heavy atom. The normalized spacial score (nSPS) is 17.9. The molecule has 2 aromatic rings. The van der Waals surface area contributed by atoms with Crippen molar-refractivity contribution in [2.45, 2.75) is 24.2 Å². The molecule has 2 fully saturated rings. The van der Waals surface area contributed by atoms with Crippen LogP contribution in [0.4, 0.5) is 5.69 Å². The van der Waals surface area contributed by atoms with E-state index >= 15 is 0 Å². The van der Waals surface area contributed by atoms with Crippen LogP contribution in [0.15, 0.2) is 53.4 Å². The van der Waals surface area contributed by atoms with Crippen LogP contribution in [-0.2, 0) is 26.0 Å². The van der Waals surface area contributed by atoms with Crippen molar-refractivity contribution in [1.82, 2.24) is 9.21 Å². The van der Waals surface area contributed by atoms with Gasteiger partial charge in [-0.05, 0) is 54.8 Å². The summed E-state index contributed by atoms with van der Waals surface area (Å²) in [5.41, 5.74) is 2.10. The molecule has 34 heavy (non-hydrogen) atoms. The Morgan fingerprint density at radius 1 is 0.912 bits per heavy atom. The van der Waals surface area contributed by atoms with Crippen LogP contribution in [-0.4, -0.2) is 83.1 Å². The number of sulfonamides is 1. The van der Waals surface area contributed by atoms with Gasteiger partial charge in [0, 0.05) is 51.4 Å². The lowest BCUT2D eigenvalue weighted by atomic mass is 10.1. The molecule has 0 saturated carbocycles. The lowest BCUT2D eigenvalue weighted by Gasteiger charge is -2.26. The van der Waals surface area contributed by atoms with E-state index in [4.69, 9.17) is 9.47 Å². The predicted molar refractivity (Wildman–Crippen MR) is 131 cm³/mol. The molecule has 0 aliphatic carbocycles. The Labute approximate surface area is 202 Å². The van der Waals surface area contributed by atoms with Crippen LogP contribution < -0.4 is 9.64 Å². The molecule has 2 aromatic carbocycles. The average molecular weight is 488 g/mol. The minimum atomic E-state index is -3.50. The van der Waals surface area contributed by atoms with Crippen LogP contribution >= 0.6 is 0 Å².